The molecule has 0 atom stereocenters. The molecule has 0 saturated carbocycles. The van der Waals surface area contributed by atoms with Crippen molar-refractivity contribution in [1.82, 2.24) is 5.32 Å². The summed E-state index contributed by atoms with van der Waals surface area (Å²) in [4.78, 5) is 11.6. The van der Waals surface area contributed by atoms with E-state index in [1.54, 1.807) is 0 Å². The fourth-order valence-corrected chi connectivity index (χ4v) is 3.88. The highest BCUT2D eigenvalue weighted by Crippen LogP contribution is 2.11. The highest BCUT2D eigenvalue weighted by molar-refractivity contribution is 7.80. The van der Waals surface area contributed by atoms with Crippen LogP contribution in [-0.4, -0.2) is 155 Å². The molecule has 0 aromatic heterocycles. The van der Waals surface area contributed by atoms with E-state index in [1.165, 1.54) is 0 Å². The highest BCUT2D eigenvalue weighted by Gasteiger charge is 2.15. The van der Waals surface area contributed by atoms with Crippen LogP contribution in [0, 0.1) is 0 Å². The number of nitrogens with two attached hydrogens (primary N) is 1. The van der Waals surface area contributed by atoms with Gasteiger partial charge in [-0.2, -0.15) is 0 Å². The van der Waals surface area contributed by atoms with Crippen LogP contribution >= 0.6 is 12.2 Å². The molecule has 0 aliphatic carbocycles. The lowest BCUT2D eigenvalue weighted by Gasteiger charge is -2.19. The molecule has 4 N–H and O–H groups in total. The third-order valence-electron chi connectivity index (χ3n) is 5.90. The number of ether oxygens (including phenoxy) is 11. The lowest BCUT2D eigenvalue weighted by Crippen LogP contribution is -2.31. The van der Waals surface area contributed by atoms with Gasteiger partial charge in [-0.05, 0) is 51.2 Å². The third-order valence-corrected chi connectivity index (χ3v) is 6.14. The van der Waals surface area contributed by atoms with E-state index >= 15 is 0 Å². The number of benzene rings is 1. The van der Waals surface area contributed by atoms with E-state index in [4.69, 9.17) is 70.1 Å². The van der Waals surface area contributed by atoms with Crippen LogP contribution in [0.15, 0.2) is 24.3 Å². The number of nitrogen functional groups attached to an aromatic ring is 1. The number of hydrogen-bond donors (Lipinski definition) is 3. The lowest BCUT2D eigenvalue weighted by atomic mass is 10.2. The summed E-state index contributed by atoms with van der Waals surface area (Å²) in [6.07, 6.45) is 0.229. The summed E-state index contributed by atoms with van der Waals surface area (Å²) in [6.45, 7) is 15.6. The third kappa shape index (κ3) is 33.0. The van der Waals surface area contributed by atoms with E-state index in [-0.39, 0.29) is 12.4 Å². The van der Waals surface area contributed by atoms with Gasteiger partial charge in [-0.25, -0.2) is 0 Å². The smallest absolute Gasteiger partial charge is 0.308 e. The lowest BCUT2D eigenvalue weighted by molar-refractivity contribution is -0.156. The molecule has 0 unspecified atom stereocenters. The van der Waals surface area contributed by atoms with Crippen LogP contribution < -0.4 is 16.4 Å². The van der Waals surface area contributed by atoms with E-state index in [1.807, 2.05) is 45.0 Å². The zero-order chi connectivity index (χ0) is 36.4. The van der Waals surface area contributed by atoms with Gasteiger partial charge in [0.15, 0.2) is 5.11 Å². The van der Waals surface area contributed by atoms with Crippen LogP contribution in [0.25, 0.3) is 0 Å². The number of esters is 1. The van der Waals surface area contributed by atoms with Gasteiger partial charge in [-0.15, -0.1) is 0 Å². The zero-order valence-electron chi connectivity index (χ0n) is 30.3. The van der Waals surface area contributed by atoms with E-state index in [0.29, 0.717) is 149 Å². The molecule has 0 radical (unpaired) electrons. The average molecular weight is 736 g/mol. The van der Waals surface area contributed by atoms with Crippen molar-refractivity contribution < 1.29 is 56.9 Å². The maximum atomic E-state index is 11.6. The Labute approximate surface area is 303 Å². The first-order valence-corrected chi connectivity index (χ1v) is 17.6. The van der Waals surface area contributed by atoms with Crippen molar-refractivity contribution >= 4 is 34.7 Å². The Balaban J connectivity index is 1.66. The number of nitrogens with one attached hydrogen (secondary N) is 2. The fraction of sp³-hybridized carbons (Fsp3) is 0.765. The second-order valence-corrected chi connectivity index (χ2v) is 11.9. The summed E-state index contributed by atoms with van der Waals surface area (Å²) >= 11 is 5.25. The van der Waals surface area contributed by atoms with Gasteiger partial charge in [0.25, 0.3) is 0 Å². The van der Waals surface area contributed by atoms with Crippen molar-refractivity contribution in [3.8, 4) is 0 Å². The van der Waals surface area contributed by atoms with Gasteiger partial charge >= 0.3 is 5.97 Å². The normalized spacial score (nSPS) is 11.5. The summed E-state index contributed by atoms with van der Waals surface area (Å²) in [5, 5.41) is 6.66. The van der Waals surface area contributed by atoms with E-state index in [9.17, 15) is 4.79 Å². The van der Waals surface area contributed by atoms with Gasteiger partial charge in [0.05, 0.1) is 139 Å². The Bertz CT molecular complexity index is 958. The average Bonchev–Trinajstić information content (AvgIpc) is 3.06. The molecule has 0 aliphatic rings. The van der Waals surface area contributed by atoms with Gasteiger partial charge in [-0.1, -0.05) is 6.07 Å². The summed E-state index contributed by atoms with van der Waals surface area (Å²) < 4.78 is 59.9. The van der Waals surface area contributed by atoms with Gasteiger partial charge < -0.3 is 68.5 Å². The Hall–Kier alpha value is -2.22. The number of thiocarbonyl (C=S) groups is 1. The number of carbonyl (C=O) groups is 1. The van der Waals surface area contributed by atoms with Crippen molar-refractivity contribution in [2.24, 2.45) is 0 Å². The first kappa shape index (κ1) is 45.8. The number of hydrogen-bond acceptors (Lipinski definition) is 14. The van der Waals surface area contributed by atoms with Crippen molar-refractivity contribution in [2.75, 3.05) is 150 Å². The maximum Gasteiger partial charge on any atom is 0.308 e. The largest absolute Gasteiger partial charge is 0.460 e. The van der Waals surface area contributed by atoms with Crippen LogP contribution in [0.4, 0.5) is 11.4 Å². The predicted octanol–water partition coefficient (Wildman–Crippen LogP) is 2.45. The monoisotopic (exact) mass is 735 g/mol. The Morgan fingerprint density at radius 2 is 0.960 bits per heavy atom. The van der Waals surface area contributed by atoms with Crippen LogP contribution in [0.1, 0.15) is 27.2 Å². The molecule has 0 heterocycles. The highest BCUT2D eigenvalue weighted by atomic mass is 32.1. The Morgan fingerprint density at radius 3 is 1.32 bits per heavy atom. The van der Waals surface area contributed by atoms with Crippen LogP contribution in [0.3, 0.4) is 0 Å². The molecule has 0 amide bonds. The fourth-order valence-electron chi connectivity index (χ4n) is 3.66. The number of anilines is 2. The van der Waals surface area contributed by atoms with Gasteiger partial charge in [0.2, 0.25) is 0 Å². The van der Waals surface area contributed by atoms with Gasteiger partial charge in [0.1, 0.15) is 5.60 Å². The minimum atomic E-state index is -0.476. The van der Waals surface area contributed by atoms with Crippen molar-refractivity contribution in [2.45, 2.75) is 32.8 Å². The minimum Gasteiger partial charge on any atom is -0.460 e. The van der Waals surface area contributed by atoms with Gasteiger partial charge in [0, 0.05) is 17.9 Å². The second-order valence-electron chi connectivity index (χ2n) is 11.5. The predicted molar refractivity (Wildman–Crippen MR) is 194 cm³/mol. The summed E-state index contributed by atoms with van der Waals surface area (Å²) in [5.41, 5.74) is 6.79. The summed E-state index contributed by atoms with van der Waals surface area (Å²) in [6, 6.07) is 7.39. The second kappa shape index (κ2) is 32.7. The van der Waals surface area contributed by atoms with E-state index in [2.05, 4.69) is 10.6 Å². The summed E-state index contributed by atoms with van der Waals surface area (Å²) in [5.74, 6) is -0.267. The standard InChI is InChI=1S/C34H61N3O12S/c1-34(2,3)49-32(38)7-9-39-11-13-41-15-17-43-19-21-45-23-25-47-27-28-48-26-24-46-22-20-44-18-16-42-14-12-40-10-8-36-33(50)37-31-6-4-5-30(35)29-31/h4-6,29H,7-28,35H2,1-3H3,(H2,36,37,50). The molecule has 0 bridgehead atoms. The van der Waals surface area contributed by atoms with Crippen molar-refractivity contribution in [3.63, 3.8) is 0 Å². The molecule has 0 fully saturated rings. The van der Waals surface area contributed by atoms with Crippen LogP contribution in [0.2, 0.25) is 0 Å². The quantitative estimate of drug-likeness (QED) is 0.0408. The molecule has 1 aromatic carbocycles. The molecule has 0 spiro atoms. The molecule has 0 aliphatic heterocycles. The SMILES string of the molecule is CC(C)(C)OC(=O)CCOCCOCCOCCOCCOCCOCCOCCOCCOCCOCCNC(=S)Nc1cccc(N)c1. The van der Waals surface area contributed by atoms with E-state index < -0.39 is 5.60 Å². The molecular weight excluding hydrogens is 674 g/mol. The van der Waals surface area contributed by atoms with Crippen LogP contribution in [-0.2, 0) is 56.9 Å². The first-order chi connectivity index (χ1) is 24.3. The minimum absolute atomic E-state index is 0.229. The van der Waals surface area contributed by atoms with E-state index in [0.717, 1.165) is 5.69 Å². The number of rotatable bonds is 34. The van der Waals surface area contributed by atoms with Gasteiger partial charge in [-0.3, -0.25) is 4.79 Å². The molecule has 50 heavy (non-hydrogen) atoms. The van der Waals surface area contributed by atoms with Crippen molar-refractivity contribution in [3.05, 3.63) is 24.3 Å². The molecule has 1 aromatic rings. The van der Waals surface area contributed by atoms with Crippen LogP contribution in [0.5, 0.6) is 0 Å². The molecule has 0 saturated heterocycles. The molecular formula is C34H61N3O12S. The summed E-state index contributed by atoms with van der Waals surface area (Å²) in [7, 11) is 0. The Kier molecular flexibility index (Phi) is 29.9. The number of carbonyl (C=O) groups excluding carboxylic acids is 1. The molecule has 15 nitrogen and oxygen atoms in total. The molecule has 1 rings (SSSR count). The van der Waals surface area contributed by atoms with Crippen molar-refractivity contribution in [1.29, 1.82) is 0 Å². The molecule has 16 heteroatoms. The Morgan fingerprint density at radius 1 is 0.600 bits per heavy atom. The maximum absolute atomic E-state index is 11.6. The first-order valence-electron chi connectivity index (χ1n) is 17.2. The molecule has 290 valence electrons. The zero-order valence-corrected chi connectivity index (χ0v) is 31.1. The topological polar surface area (TPSA) is 169 Å².